The van der Waals surface area contributed by atoms with E-state index >= 15 is 0 Å². The Balaban J connectivity index is 0.978. The van der Waals surface area contributed by atoms with E-state index in [9.17, 15) is 0 Å². The molecule has 0 fully saturated rings. The number of pyridine rings is 1. The van der Waals surface area contributed by atoms with Gasteiger partial charge in [0.25, 0.3) is 0 Å². The fraction of sp³-hybridized carbons (Fsp3) is 0.213. The fourth-order valence-electron chi connectivity index (χ4n) is 10.7. The summed E-state index contributed by atoms with van der Waals surface area (Å²) in [5, 5.41) is 2.54. The number of benzene rings is 7. The largest absolute Gasteiger partial charge is 0.255 e. The molecule has 1 spiro atoms. The first-order valence-corrected chi connectivity index (χ1v) is 23.9. The monoisotopic (exact) mass is 842 g/mol. The second-order valence-electron chi connectivity index (χ2n) is 18.1. The molecule has 0 unspecified atom stereocenters. The summed E-state index contributed by atoms with van der Waals surface area (Å²) in [6.45, 7) is 4.52. The second-order valence-corrected chi connectivity index (χ2v) is 18.1. The van der Waals surface area contributed by atoms with Gasteiger partial charge in [0, 0.05) is 28.5 Å². The summed E-state index contributed by atoms with van der Waals surface area (Å²) < 4.78 is 0. The topological polar surface area (TPSA) is 51.6 Å². The molecular formula is C61H54N4. The van der Waals surface area contributed by atoms with E-state index in [4.69, 9.17) is 19.9 Å². The highest BCUT2D eigenvalue weighted by atomic mass is 15.0. The number of hydrogen-bond acceptors (Lipinski definition) is 4. The lowest BCUT2D eigenvalue weighted by molar-refractivity contribution is 0.667. The Morgan fingerprint density at radius 1 is 0.400 bits per heavy atom. The molecule has 4 heteroatoms. The van der Waals surface area contributed by atoms with Crippen LogP contribution in [0.3, 0.4) is 0 Å². The average Bonchev–Trinajstić information content (AvgIpc) is 3.84. The van der Waals surface area contributed by atoms with Crippen molar-refractivity contribution in [3.05, 3.63) is 203 Å². The Morgan fingerprint density at radius 2 is 0.938 bits per heavy atom. The zero-order valence-corrected chi connectivity index (χ0v) is 37.5. The number of aryl methyl sites for hydroxylation is 2. The molecule has 0 atom stereocenters. The molecule has 2 aromatic heterocycles. The van der Waals surface area contributed by atoms with Crippen LogP contribution >= 0.6 is 0 Å². The molecule has 7 aromatic carbocycles. The molecule has 9 aromatic rings. The van der Waals surface area contributed by atoms with Crippen molar-refractivity contribution in [2.45, 2.75) is 83.5 Å². The van der Waals surface area contributed by atoms with E-state index in [0.717, 1.165) is 40.8 Å². The lowest BCUT2D eigenvalue weighted by atomic mass is 9.70. The average molecular weight is 843 g/mol. The maximum absolute atomic E-state index is 5.16. The van der Waals surface area contributed by atoms with Crippen LogP contribution < -0.4 is 0 Å². The van der Waals surface area contributed by atoms with Gasteiger partial charge < -0.3 is 0 Å². The predicted molar refractivity (Wildman–Crippen MR) is 269 cm³/mol. The Morgan fingerprint density at radius 3 is 1.52 bits per heavy atom. The first-order chi connectivity index (χ1) is 32.1. The van der Waals surface area contributed by atoms with Gasteiger partial charge >= 0.3 is 0 Å². The van der Waals surface area contributed by atoms with Crippen molar-refractivity contribution in [3.63, 3.8) is 0 Å². The van der Waals surface area contributed by atoms with Gasteiger partial charge in [0.05, 0.1) is 11.1 Å². The van der Waals surface area contributed by atoms with Crippen molar-refractivity contribution in [1.29, 1.82) is 0 Å². The third-order valence-corrected chi connectivity index (χ3v) is 14.0. The van der Waals surface area contributed by atoms with Gasteiger partial charge in [-0.2, -0.15) is 0 Å². The highest BCUT2D eigenvalue weighted by Crippen LogP contribution is 2.64. The zero-order valence-electron chi connectivity index (χ0n) is 37.5. The van der Waals surface area contributed by atoms with Crippen LogP contribution in [0.1, 0.15) is 98.6 Å². The van der Waals surface area contributed by atoms with E-state index in [2.05, 4.69) is 178 Å². The molecule has 4 nitrogen and oxygen atoms in total. The second kappa shape index (κ2) is 17.5. The first kappa shape index (κ1) is 40.7. The molecule has 0 saturated heterocycles. The standard InChI is InChI=1S/C61H54N4/c1-3-5-7-9-17-41-25-29-44(30-26-41)58-63-59(45-31-27-42(28-32-45)18-10-8-6-4-2)65-60(64-58)47-35-38-56(62-40-47)46-33-36-51-55(39-46)61(54-37-34-43-19-11-12-20-48(43)57(51)54)52-23-15-13-21-49(52)50-22-14-16-24-53(50)61/h11-16,19-40H,3-10,17-18H2,1-2H3. The number of rotatable bonds is 14. The molecule has 0 bridgehead atoms. The van der Waals surface area contributed by atoms with E-state index in [1.165, 1.54) is 118 Å². The maximum atomic E-state index is 5.16. The molecule has 0 amide bonds. The minimum atomic E-state index is -0.448. The number of unbranched alkanes of at least 4 members (excludes halogenated alkanes) is 6. The van der Waals surface area contributed by atoms with Gasteiger partial charge in [0.1, 0.15) is 0 Å². The Hall–Kier alpha value is -7.04. The van der Waals surface area contributed by atoms with Crippen molar-refractivity contribution in [1.82, 2.24) is 19.9 Å². The summed E-state index contributed by atoms with van der Waals surface area (Å²) in [7, 11) is 0. The maximum Gasteiger partial charge on any atom is 0.165 e. The quantitative estimate of drug-likeness (QED) is 0.102. The van der Waals surface area contributed by atoms with Crippen LogP contribution in [0, 0.1) is 0 Å². The smallest absolute Gasteiger partial charge is 0.165 e. The van der Waals surface area contributed by atoms with Gasteiger partial charge in [-0.05, 0) is 110 Å². The number of aromatic nitrogens is 4. The highest BCUT2D eigenvalue weighted by Gasteiger charge is 2.52. The minimum absolute atomic E-state index is 0.448. The summed E-state index contributed by atoms with van der Waals surface area (Å²) in [4.78, 5) is 20.5. The third kappa shape index (κ3) is 7.26. The zero-order chi connectivity index (χ0) is 43.7. The van der Waals surface area contributed by atoms with E-state index < -0.39 is 5.41 Å². The van der Waals surface area contributed by atoms with Gasteiger partial charge in [-0.25, -0.2) is 15.0 Å². The van der Waals surface area contributed by atoms with Crippen LogP contribution in [0.4, 0.5) is 0 Å². The van der Waals surface area contributed by atoms with Gasteiger partial charge in [-0.1, -0.05) is 198 Å². The van der Waals surface area contributed by atoms with Crippen LogP contribution in [0.5, 0.6) is 0 Å². The van der Waals surface area contributed by atoms with Gasteiger partial charge in [0.2, 0.25) is 0 Å². The van der Waals surface area contributed by atoms with E-state index in [1.807, 2.05) is 6.20 Å². The molecule has 0 aliphatic heterocycles. The number of hydrogen-bond donors (Lipinski definition) is 0. The summed E-state index contributed by atoms with van der Waals surface area (Å²) in [6, 6.07) is 60.3. The lowest BCUT2D eigenvalue weighted by Crippen LogP contribution is -2.25. The van der Waals surface area contributed by atoms with Crippen molar-refractivity contribution < 1.29 is 0 Å². The lowest BCUT2D eigenvalue weighted by Gasteiger charge is -2.30. The van der Waals surface area contributed by atoms with Gasteiger partial charge in [-0.3, -0.25) is 4.98 Å². The fourth-order valence-corrected chi connectivity index (χ4v) is 10.7. The molecule has 11 rings (SSSR count). The van der Waals surface area contributed by atoms with Crippen molar-refractivity contribution in [2.24, 2.45) is 0 Å². The molecule has 0 N–H and O–H groups in total. The molecule has 2 heterocycles. The Kier molecular flexibility index (Phi) is 11.0. The molecule has 0 saturated carbocycles. The van der Waals surface area contributed by atoms with Crippen molar-refractivity contribution in [2.75, 3.05) is 0 Å². The van der Waals surface area contributed by atoms with Crippen LogP contribution in [0.2, 0.25) is 0 Å². The van der Waals surface area contributed by atoms with E-state index in [-0.39, 0.29) is 0 Å². The van der Waals surface area contributed by atoms with Crippen LogP contribution in [-0.4, -0.2) is 19.9 Å². The van der Waals surface area contributed by atoms with Crippen molar-refractivity contribution >= 4 is 10.8 Å². The molecule has 65 heavy (non-hydrogen) atoms. The summed E-state index contributed by atoms with van der Waals surface area (Å²) in [6.07, 6.45) is 14.1. The molecule has 2 aliphatic rings. The van der Waals surface area contributed by atoms with Crippen LogP contribution in [0.25, 0.3) is 78.4 Å². The van der Waals surface area contributed by atoms with Crippen molar-refractivity contribution in [3.8, 4) is 67.7 Å². The predicted octanol–water partition coefficient (Wildman–Crippen LogP) is 15.7. The molecular weight excluding hydrogens is 789 g/mol. The van der Waals surface area contributed by atoms with Gasteiger partial charge in [0.15, 0.2) is 17.5 Å². The van der Waals surface area contributed by atoms with Crippen LogP contribution in [0.15, 0.2) is 170 Å². The first-order valence-electron chi connectivity index (χ1n) is 23.9. The molecule has 318 valence electrons. The van der Waals surface area contributed by atoms with Crippen LogP contribution in [-0.2, 0) is 18.3 Å². The number of nitrogens with zero attached hydrogens (tertiary/aromatic N) is 4. The SMILES string of the molecule is CCCCCCc1ccc(-c2nc(-c3ccc(CCCCCC)cc3)nc(-c3ccc(-c4ccc5c(c4)C4(c6ccccc6-c6ccccc64)c4ccc6ccccc6c4-5)nc3)n2)cc1. The highest BCUT2D eigenvalue weighted by molar-refractivity contribution is 6.06. The minimum Gasteiger partial charge on any atom is -0.255 e. The summed E-state index contributed by atoms with van der Waals surface area (Å²) in [5.74, 6) is 1.96. The molecule has 0 radical (unpaired) electrons. The number of fused-ring (bicyclic) bond motifs is 12. The van der Waals surface area contributed by atoms with Gasteiger partial charge in [-0.15, -0.1) is 0 Å². The van der Waals surface area contributed by atoms with E-state index in [0.29, 0.717) is 17.5 Å². The van der Waals surface area contributed by atoms with E-state index in [1.54, 1.807) is 0 Å². The normalized spacial score (nSPS) is 12.9. The Bertz CT molecular complexity index is 3050. The molecule has 2 aliphatic carbocycles. The summed E-state index contributed by atoms with van der Waals surface area (Å²) in [5.41, 5.74) is 17.6. The summed E-state index contributed by atoms with van der Waals surface area (Å²) >= 11 is 0. The third-order valence-electron chi connectivity index (χ3n) is 14.0. The Labute approximate surface area is 383 Å².